The lowest BCUT2D eigenvalue weighted by Crippen LogP contribution is -1.74. The molecular formula is C11H12. The summed E-state index contributed by atoms with van der Waals surface area (Å²) >= 11 is 0. The van der Waals surface area contributed by atoms with Gasteiger partial charge in [0.15, 0.2) is 0 Å². The second-order valence-electron chi connectivity index (χ2n) is 2.49. The van der Waals surface area contributed by atoms with Gasteiger partial charge in [-0.3, -0.25) is 0 Å². The standard InChI is InChI=1S/C11H12/c1-3-10(2)9-11-7-5-4-6-8-11/h4-9H,1-2H3. The van der Waals surface area contributed by atoms with Gasteiger partial charge in [-0.15, -0.1) is 0 Å². The van der Waals surface area contributed by atoms with Gasteiger partial charge in [0.25, 0.3) is 0 Å². The third kappa shape index (κ3) is 2.58. The summed E-state index contributed by atoms with van der Waals surface area (Å²) in [5.41, 5.74) is 2.41. The second kappa shape index (κ2) is 3.97. The number of rotatable bonds is 2. The minimum Gasteiger partial charge on any atom is -0.0650 e. The predicted molar refractivity (Wildman–Crippen MR) is 49.0 cm³/mol. The van der Waals surface area contributed by atoms with Crippen molar-refractivity contribution in [2.45, 2.75) is 13.8 Å². The maximum Gasteiger partial charge on any atom is 0.00833 e. The monoisotopic (exact) mass is 144 g/mol. The molecule has 0 N–H and O–H groups in total. The largest absolute Gasteiger partial charge is 0.0650 e. The Balaban J connectivity index is 2.79. The van der Waals surface area contributed by atoms with E-state index in [-0.39, 0.29) is 0 Å². The van der Waals surface area contributed by atoms with Crippen LogP contribution in [0.4, 0.5) is 0 Å². The van der Waals surface area contributed by atoms with Crippen LogP contribution in [-0.4, -0.2) is 0 Å². The fourth-order valence-electron chi connectivity index (χ4n) is 0.871. The molecule has 11 heavy (non-hydrogen) atoms. The van der Waals surface area contributed by atoms with Crippen molar-refractivity contribution in [1.29, 1.82) is 0 Å². The van der Waals surface area contributed by atoms with E-state index >= 15 is 0 Å². The first kappa shape index (κ1) is 8.06. The molecule has 0 saturated heterocycles. The molecule has 0 aromatic heterocycles. The molecule has 2 radical (unpaired) electrons. The highest BCUT2D eigenvalue weighted by molar-refractivity contribution is 5.53. The normalized spacial score (nSPS) is 11.6. The van der Waals surface area contributed by atoms with Crippen molar-refractivity contribution in [2.75, 3.05) is 0 Å². The van der Waals surface area contributed by atoms with Gasteiger partial charge in [0.2, 0.25) is 0 Å². The third-order valence-electron chi connectivity index (χ3n) is 1.58. The summed E-state index contributed by atoms with van der Waals surface area (Å²) in [5.74, 6) is 0. The van der Waals surface area contributed by atoms with Crippen LogP contribution in [0.5, 0.6) is 0 Å². The fraction of sp³-hybridized carbons (Fsp3) is 0.182. The summed E-state index contributed by atoms with van der Waals surface area (Å²) in [6.07, 6.45) is 5.19. The van der Waals surface area contributed by atoms with E-state index in [4.69, 9.17) is 0 Å². The Hall–Kier alpha value is -1.04. The van der Waals surface area contributed by atoms with Crippen molar-refractivity contribution in [3.8, 4) is 0 Å². The highest BCUT2D eigenvalue weighted by atomic mass is 13.9. The Bertz CT molecular complexity index is 231. The quantitative estimate of drug-likeness (QED) is 0.598. The lowest BCUT2D eigenvalue weighted by Gasteiger charge is -1.94. The molecule has 0 amide bonds. The van der Waals surface area contributed by atoms with Crippen LogP contribution in [0.3, 0.4) is 0 Å². The van der Waals surface area contributed by atoms with E-state index in [1.54, 1.807) is 0 Å². The van der Waals surface area contributed by atoms with Gasteiger partial charge < -0.3 is 0 Å². The Labute approximate surface area is 68.6 Å². The maximum absolute atomic E-state index is 3.07. The lowest BCUT2D eigenvalue weighted by atomic mass is 10.1. The van der Waals surface area contributed by atoms with Crippen LogP contribution in [-0.2, 0) is 0 Å². The van der Waals surface area contributed by atoms with Crippen molar-refractivity contribution >= 4 is 6.08 Å². The summed E-state index contributed by atoms with van der Waals surface area (Å²) < 4.78 is 0. The zero-order valence-corrected chi connectivity index (χ0v) is 6.96. The van der Waals surface area contributed by atoms with Crippen LogP contribution >= 0.6 is 0 Å². The summed E-state index contributed by atoms with van der Waals surface area (Å²) in [5, 5.41) is 0. The van der Waals surface area contributed by atoms with E-state index in [1.165, 1.54) is 11.1 Å². The molecule has 0 aliphatic heterocycles. The summed E-state index contributed by atoms with van der Waals surface area (Å²) in [6, 6.07) is 10.3. The average Bonchev–Trinajstić information content (AvgIpc) is 2.06. The molecule has 0 heteroatoms. The first-order valence-corrected chi connectivity index (χ1v) is 3.74. The van der Waals surface area contributed by atoms with Gasteiger partial charge in [-0.1, -0.05) is 48.9 Å². The molecule has 0 aliphatic carbocycles. The van der Waals surface area contributed by atoms with E-state index in [1.807, 2.05) is 32.0 Å². The summed E-state index contributed by atoms with van der Waals surface area (Å²) in [7, 11) is 0. The van der Waals surface area contributed by atoms with Crippen molar-refractivity contribution < 1.29 is 0 Å². The van der Waals surface area contributed by atoms with Gasteiger partial charge >= 0.3 is 0 Å². The Morgan fingerprint density at radius 2 is 1.91 bits per heavy atom. The van der Waals surface area contributed by atoms with Gasteiger partial charge in [-0.05, 0) is 12.5 Å². The molecule has 1 rings (SSSR count). The fourth-order valence-corrected chi connectivity index (χ4v) is 0.871. The molecule has 0 saturated carbocycles. The molecule has 56 valence electrons. The number of benzene rings is 1. The highest BCUT2D eigenvalue weighted by Crippen LogP contribution is 2.07. The Morgan fingerprint density at radius 1 is 1.27 bits per heavy atom. The van der Waals surface area contributed by atoms with Crippen molar-refractivity contribution in [3.05, 3.63) is 47.9 Å². The van der Waals surface area contributed by atoms with Gasteiger partial charge in [-0.25, -0.2) is 0 Å². The first-order valence-electron chi connectivity index (χ1n) is 3.74. The molecule has 0 nitrogen and oxygen atoms in total. The van der Waals surface area contributed by atoms with Gasteiger partial charge in [0.1, 0.15) is 0 Å². The smallest absolute Gasteiger partial charge is 0.00833 e. The minimum atomic E-state index is 1.18. The minimum absolute atomic E-state index is 1.18. The van der Waals surface area contributed by atoms with Crippen LogP contribution in [0.15, 0.2) is 35.9 Å². The van der Waals surface area contributed by atoms with E-state index in [0.717, 1.165) is 0 Å². The summed E-state index contributed by atoms with van der Waals surface area (Å²) in [4.78, 5) is 0. The van der Waals surface area contributed by atoms with Crippen LogP contribution in [0, 0.1) is 6.42 Å². The Morgan fingerprint density at radius 3 is 2.45 bits per heavy atom. The van der Waals surface area contributed by atoms with Crippen molar-refractivity contribution in [2.24, 2.45) is 0 Å². The van der Waals surface area contributed by atoms with E-state index in [2.05, 4.69) is 24.6 Å². The zero-order chi connectivity index (χ0) is 8.10. The molecule has 0 aliphatic rings. The first-order chi connectivity index (χ1) is 5.33. The van der Waals surface area contributed by atoms with E-state index in [9.17, 15) is 0 Å². The number of allylic oxidation sites excluding steroid dienone is 1. The Kier molecular flexibility index (Phi) is 2.91. The van der Waals surface area contributed by atoms with Crippen LogP contribution in [0.25, 0.3) is 6.08 Å². The van der Waals surface area contributed by atoms with E-state index < -0.39 is 0 Å². The molecule has 0 fully saturated rings. The third-order valence-corrected chi connectivity index (χ3v) is 1.58. The highest BCUT2D eigenvalue weighted by Gasteiger charge is 1.86. The number of hydrogen-bond acceptors (Lipinski definition) is 0. The molecule has 1 aromatic rings. The van der Waals surface area contributed by atoms with Crippen LogP contribution in [0.1, 0.15) is 19.4 Å². The number of hydrogen-bond donors (Lipinski definition) is 0. The summed E-state index contributed by atoms with van der Waals surface area (Å²) in [6.45, 7) is 3.97. The topological polar surface area (TPSA) is 0 Å². The van der Waals surface area contributed by atoms with Gasteiger partial charge in [-0.2, -0.15) is 0 Å². The van der Waals surface area contributed by atoms with Crippen molar-refractivity contribution in [1.82, 2.24) is 0 Å². The average molecular weight is 144 g/mol. The maximum atomic E-state index is 3.07. The van der Waals surface area contributed by atoms with E-state index in [0.29, 0.717) is 0 Å². The zero-order valence-electron chi connectivity index (χ0n) is 6.96. The molecule has 0 atom stereocenters. The molecule has 0 spiro atoms. The van der Waals surface area contributed by atoms with Crippen molar-refractivity contribution in [3.63, 3.8) is 0 Å². The second-order valence-corrected chi connectivity index (χ2v) is 2.49. The van der Waals surface area contributed by atoms with Crippen LogP contribution in [0.2, 0.25) is 0 Å². The SMILES string of the molecule is C[C]C(C)=Cc1ccccc1. The lowest BCUT2D eigenvalue weighted by molar-refractivity contribution is 1.37. The van der Waals surface area contributed by atoms with Crippen LogP contribution < -0.4 is 0 Å². The predicted octanol–water partition coefficient (Wildman–Crippen LogP) is 3.19. The molecule has 1 aromatic carbocycles. The van der Waals surface area contributed by atoms with Gasteiger partial charge in [0, 0.05) is 6.42 Å². The molecule has 0 heterocycles. The van der Waals surface area contributed by atoms with Gasteiger partial charge in [0.05, 0.1) is 0 Å². The molecule has 0 unspecified atom stereocenters. The molecular weight excluding hydrogens is 132 g/mol. The molecule has 0 bridgehead atoms.